The van der Waals surface area contributed by atoms with E-state index >= 15 is 0 Å². The molecule has 0 atom stereocenters. The van der Waals surface area contributed by atoms with E-state index in [0.29, 0.717) is 0 Å². The van der Waals surface area contributed by atoms with E-state index < -0.39 is 0 Å². The Morgan fingerprint density at radius 3 is 2.06 bits per heavy atom. The van der Waals surface area contributed by atoms with Gasteiger partial charge in [0.25, 0.3) is 0 Å². The van der Waals surface area contributed by atoms with Crippen LogP contribution in [0.15, 0.2) is 91.1 Å². The van der Waals surface area contributed by atoms with Crippen LogP contribution < -0.4 is 0 Å². The summed E-state index contributed by atoms with van der Waals surface area (Å²) in [6, 6.07) is 29.3. The average molecular weight is 444 g/mol. The van der Waals surface area contributed by atoms with Crippen molar-refractivity contribution in [1.82, 2.24) is 14.5 Å². The van der Waals surface area contributed by atoms with Crippen LogP contribution in [0.2, 0.25) is 5.02 Å². The first-order chi connectivity index (χ1) is 15.7. The first-order valence-electron chi connectivity index (χ1n) is 11.3. The summed E-state index contributed by atoms with van der Waals surface area (Å²) < 4.78 is 2.40. The van der Waals surface area contributed by atoms with Crippen LogP contribution in [-0.2, 0) is 26.2 Å². The molecule has 0 saturated carbocycles. The van der Waals surface area contributed by atoms with Crippen molar-refractivity contribution in [1.29, 1.82) is 0 Å². The van der Waals surface area contributed by atoms with Crippen molar-refractivity contribution in [3.63, 3.8) is 0 Å². The number of hydrogen-bond acceptors (Lipinski definition) is 2. The number of aromatic nitrogens is 2. The van der Waals surface area contributed by atoms with Crippen molar-refractivity contribution in [2.24, 2.45) is 0 Å². The van der Waals surface area contributed by atoms with Gasteiger partial charge in [-0.2, -0.15) is 0 Å². The molecule has 4 heteroatoms. The summed E-state index contributed by atoms with van der Waals surface area (Å²) in [7, 11) is 0. The Kier molecular flexibility index (Phi) is 7.76. The van der Waals surface area contributed by atoms with Crippen molar-refractivity contribution in [3.05, 3.63) is 113 Å². The highest BCUT2D eigenvalue weighted by atomic mass is 35.5. The zero-order valence-corrected chi connectivity index (χ0v) is 19.4. The molecule has 1 heterocycles. The lowest BCUT2D eigenvalue weighted by Crippen LogP contribution is -2.24. The van der Waals surface area contributed by atoms with Crippen LogP contribution in [0.5, 0.6) is 0 Å². The highest BCUT2D eigenvalue weighted by Crippen LogP contribution is 2.23. The van der Waals surface area contributed by atoms with Gasteiger partial charge in [0.1, 0.15) is 5.82 Å². The van der Waals surface area contributed by atoms with Crippen molar-refractivity contribution >= 4 is 11.6 Å². The molecule has 4 aromatic rings. The summed E-state index contributed by atoms with van der Waals surface area (Å²) in [5.74, 6) is 1.06. The maximum absolute atomic E-state index is 6.11. The molecule has 0 aliphatic rings. The molecule has 0 amide bonds. The minimum absolute atomic E-state index is 0.772. The minimum atomic E-state index is 0.772. The quantitative estimate of drug-likeness (QED) is 0.258. The lowest BCUT2D eigenvalue weighted by Gasteiger charge is -2.24. The Morgan fingerprint density at radius 1 is 0.781 bits per heavy atom. The highest BCUT2D eigenvalue weighted by Gasteiger charge is 2.16. The normalized spacial score (nSPS) is 11.2. The number of benzene rings is 3. The van der Waals surface area contributed by atoms with Gasteiger partial charge in [-0.05, 0) is 29.7 Å². The van der Waals surface area contributed by atoms with Gasteiger partial charge in [-0.3, -0.25) is 4.90 Å². The fraction of sp³-hybridized carbons (Fsp3) is 0.250. The molecule has 0 spiro atoms. The molecule has 4 rings (SSSR count). The Bertz CT molecular complexity index is 1090. The van der Waals surface area contributed by atoms with Crippen molar-refractivity contribution in [2.75, 3.05) is 0 Å². The molecular formula is C28H30ClN3. The van der Waals surface area contributed by atoms with Crippen LogP contribution in [-0.4, -0.2) is 14.5 Å². The highest BCUT2D eigenvalue weighted by molar-refractivity contribution is 6.30. The van der Waals surface area contributed by atoms with Gasteiger partial charge in [0.15, 0.2) is 0 Å². The van der Waals surface area contributed by atoms with E-state index in [-0.39, 0.29) is 0 Å². The second-order valence-corrected chi connectivity index (χ2v) is 8.64. The molecule has 164 valence electrons. The summed E-state index contributed by atoms with van der Waals surface area (Å²) in [5, 5.41) is 0.772. The van der Waals surface area contributed by atoms with Gasteiger partial charge >= 0.3 is 0 Å². The van der Waals surface area contributed by atoms with E-state index in [9.17, 15) is 0 Å². The number of unbranched alkanes of at least 4 members (excludes halogenated alkanes) is 1. The summed E-state index contributed by atoms with van der Waals surface area (Å²) in [5.41, 5.74) is 4.99. The van der Waals surface area contributed by atoms with Crippen LogP contribution in [0, 0.1) is 0 Å². The van der Waals surface area contributed by atoms with Gasteiger partial charge in [0.05, 0.1) is 11.9 Å². The summed E-state index contributed by atoms with van der Waals surface area (Å²) in [6.07, 6.45) is 4.35. The number of nitrogens with zero attached hydrogens (tertiary/aromatic N) is 3. The molecule has 3 aromatic carbocycles. The smallest absolute Gasteiger partial charge is 0.140 e. The van der Waals surface area contributed by atoms with Gasteiger partial charge in [-0.1, -0.05) is 97.7 Å². The Labute approximate surface area is 196 Å². The number of rotatable bonds is 10. The van der Waals surface area contributed by atoms with E-state index in [0.717, 1.165) is 49.9 Å². The zero-order valence-electron chi connectivity index (χ0n) is 18.6. The topological polar surface area (TPSA) is 21.1 Å². The van der Waals surface area contributed by atoms with Crippen LogP contribution in [0.25, 0.3) is 11.4 Å². The Balaban J connectivity index is 1.62. The molecule has 0 bridgehead atoms. The number of imidazole rings is 1. The molecule has 0 radical (unpaired) electrons. The van der Waals surface area contributed by atoms with E-state index in [2.05, 4.69) is 95.4 Å². The predicted octanol–water partition coefficient (Wildman–Crippen LogP) is 7.21. The summed E-state index contributed by atoms with van der Waals surface area (Å²) in [6.45, 7) is 5.78. The average Bonchev–Trinajstić information content (AvgIpc) is 3.22. The summed E-state index contributed by atoms with van der Waals surface area (Å²) in [4.78, 5) is 7.32. The van der Waals surface area contributed by atoms with E-state index in [4.69, 9.17) is 16.6 Å². The first-order valence-corrected chi connectivity index (χ1v) is 11.7. The van der Waals surface area contributed by atoms with Gasteiger partial charge in [-0.25, -0.2) is 4.98 Å². The Morgan fingerprint density at radius 2 is 1.41 bits per heavy atom. The Hall–Kier alpha value is -2.88. The van der Waals surface area contributed by atoms with Crippen LogP contribution in [0.1, 0.15) is 36.6 Å². The fourth-order valence-corrected chi connectivity index (χ4v) is 4.13. The van der Waals surface area contributed by atoms with Crippen molar-refractivity contribution in [3.8, 4) is 11.4 Å². The standard InChI is InChI=1S/C28H30ClN3/c1-2-3-18-32-27(19-30-28(32)25-12-8-5-9-13-25)22-31(20-23-10-6-4-7-11-23)21-24-14-16-26(29)17-15-24/h4-17,19H,2-3,18,20-22H2,1H3. The molecule has 0 aliphatic carbocycles. The zero-order chi connectivity index (χ0) is 22.2. The monoisotopic (exact) mass is 443 g/mol. The largest absolute Gasteiger partial charge is 0.327 e. The maximum atomic E-state index is 6.11. The van der Waals surface area contributed by atoms with Gasteiger partial charge in [-0.15, -0.1) is 0 Å². The second-order valence-electron chi connectivity index (χ2n) is 8.20. The van der Waals surface area contributed by atoms with E-state index in [1.807, 2.05) is 12.1 Å². The second kappa shape index (κ2) is 11.1. The lowest BCUT2D eigenvalue weighted by molar-refractivity contribution is 0.241. The third-order valence-electron chi connectivity index (χ3n) is 5.66. The molecule has 0 aliphatic heterocycles. The molecule has 0 unspecified atom stereocenters. The predicted molar refractivity (Wildman–Crippen MR) is 133 cm³/mol. The fourth-order valence-electron chi connectivity index (χ4n) is 4.01. The summed E-state index contributed by atoms with van der Waals surface area (Å²) >= 11 is 6.11. The lowest BCUT2D eigenvalue weighted by atomic mass is 10.1. The third kappa shape index (κ3) is 5.87. The molecule has 32 heavy (non-hydrogen) atoms. The molecular weight excluding hydrogens is 414 g/mol. The van der Waals surface area contributed by atoms with E-state index in [1.165, 1.54) is 22.4 Å². The number of halogens is 1. The van der Waals surface area contributed by atoms with Gasteiger partial charge in [0, 0.05) is 36.8 Å². The molecule has 0 saturated heterocycles. The third-order valence-corrected chi connectivity index (χ3v) is 5.91. The van der Waals surface area contributed by atoms with Crippen molar-refractivity contribution in [2.45, 2.75) is 45.9 Å². The number of hydrogen-bond donors (Lipinski definition) is 0. The molecule has 0 N–H and O–H groups in total. The minimum Gasteiger partial charge on any atom is -0.327 e. The van der Waals surface area contributed by atoms with Gasteiger partial charge in [0.2, 0.25) is 0 Å². The molecule has 1 aromatic heterocycles. The van der Waals surface area contributed by atoms with Crippen LogP contribution in [0.3, 0.4) is 0 Å². The van der Waals surface area contributed by atoms with Crippen molar-refractivity contribution < 1.29 is 0 Å². The maximum Gasteiger partial charge on any atom is 0.140 e. The molecule has 0 fully saturated rings. The SMILES string of the molecule is CCCCn1c(CN(Cc2ccccc2)Cc2ccc(Cl)cc2)cnc1-c1ccccc1. The first kappa shape index (κ1) is 22.3. The van der Waals surface area contributed by atoms with Crippen LogP contribution >= 0.6 is 11.6 Å². The molecule has 3 nitrogen and oxygen atoms in total. The van der Waals surface area contributed by atoms with Crippen LogP contribution in [0.4, 0.5) is 0 Å². The van der Waals surface area contributed by atoms with Gasteiger partial charge < -0.3 is 4.57 Å². The van der Waals surface area contributed by atoms with E-state index in [1.54, 1.807) is 0 Å².